The second kappa shape index (κ2) is 5.06. The van der Waals surface area contributed by atoms with Gasteiger partial charge in [0.2, 0.25) is 0 Å². The van der Waals surface area contributed by atoms with Crippen LogP contribution in [0.1, 0.15) is 19.1 Å². The number of nitrogens with zero attached hydrogens (tertiary/aromatic N) is 3. The summed E-state index contributed by atoms with van der Waals surface area (Å²) < 4.78 is 5.13. The van der Waals surface area contributed by atoms with Crippen LogP contribution in [-0.2, 0) is 0 Å². The maximum atomic E-state index is 8.06. The summed E-state index contributed by atoms with van der Waals surface area (Å²) in [6, 6.07) is 3.73. The van der Waals surface area contributed by atoms with Crippen molar-refractivity contribution >= 4 is 6.08 Å². The molecule has 4 heteroatoms. The average molecular weight is 177 g/mol. The van der Waals surface area contributed by atoms with Crippen LogP contribution in [0.4, 0.5) is 0 Å². The lowest BCUT2D eigenvalue weighted by atomic mass is 10.2. The Morgan fingerprint density at radius 1 is 1.77 bits per heavy atom. The second-order valence-corrected chi connectivity index (χ2v) is 2.71. The summed E-state index contributed by atoms with van der Waals surface area (Å²) in [5.41, 5.74) is 9.20. The van der Waals surface area contributed by atoms with Crippen molar-refractivity contribution in [1.29, 1.82) is 0 Å². The van der Waals surface area contributed by atoms with E-state index in [1.165, 1.54) is 0 Å². The van der Waals surface area contributed by atoms with Crippen LogP contribution in [0.15, 0.2) is 33.5 Å². The van der Waals surface area contributed by atoms with Gasteiger partial charge in [-0.3, -0.25) is 0 Å². The molecule has 1 rings (SSSR count). The van der Waals surface area contributed by atoms with E-state index in [0.29, 0.717) is 6.54 Å². The van der Waals surface area contributed by atoms with Gasteiger partial charge in [0.1, 0.15) is 5.76 Å². The van der Waals surface area contributed by atoms with Crippen molar-refractivity contribution < 1.29 is 4.42 Å². The minimum Gasteiger partial charge on any atom is -0.465 e. The van der Waals surface area contributed by atoms with Gasteiger partial charge >= 0.3 is 0 Å². The van der Waals surface area contributed by atoms with Crippen molar-refractivity contribution in [2.75, 3.05) is 6.54 Å². The molecule has 0 N–H and O–H groups in total. The van der Waals surface area contributed by atoms with Crippen molar-refractivity contribution in [3.05, 3.63) is 40.2 Å². The molecule has 0 unspecified atom stereocenters. The van der Waals surface area contributed by atoms with Crippen LogP contribution in [0.25, 0.3) is 16.5 Å². The summed E-state index contributed by atoms with van der Waals surface area (Å²) in [7, 11) is 0. The number of furan rings is 1. The lowest BCUT2D eigenvalue weighted by Gasteiger charge is -1.94. The lowest BCUT2D eigenvalue weighted by molar-refractivity contribution is 0.556. The quantitative estimate of drug-likeness (QED) is 0.395. The first kappa shape index (κ1) is 9.42. The summed E-state index contributed by atoms with van der Waals surface area (Å²) >= 11 is 0. The highest BCUT2D eigenvalue weighted by atomic mass is 16.3. The van der Waals surface area contributed by atoms with E-state index in [1.807, 2.05) is 25.1 Å². The number of azide groups is 1. The van der Waals surface area contributed by atoms with E-state index in [0.717, 1.165) is 17.8 Å². The molecule has 0 amide bonds. The first-order valence-electron chi connectivity index (χ1n) is 4.04. The summed E-state index contributed by atoms with van der Waals surface area (Å²) in [5, 5.41) is 3.45. The van der Waals surface area contributed by atoms with Crippen LogP contribution < -0.4 is 0 Å². The predicted molar refractivity (Wildman–Crippen MR) is 51.0 cm³/mol. The van der Waals surface area contributed by atoms with E-state index >= 15 is 0 Å². The van der Waals surface area contributed by atoms with Gasteiger partial charge in [-0.25, -0.2) is 0 Å². The number of hydrogen-bond donors (Lipinski definition) is 0. The molecule has 1 heterocycles. The van der Waals surface area contributed by atoms with E-state index < -0.39 is 0 Å². The molecule has 68 valence electrons. The summed E-state index contributed by atoms with van der Waals surface area (Å²) in [5.74, 6) is 0.832. The number of rotatable bonds is 4. The Balaban J connectivity index is 2.47. The van der Waals surface area contributed by atoms with Crippen LogP contribution in [0.5, 0.6) is 0 Å². The molecule has 1 aromatic rings. The van der Waals surface area contributed by atoms with E-state index in [1.54, 1.807) is 6.26 Å². The molecule has 0 aliphatic rings. The zero-order valence-corrected chi connectivity index (χ0v) is 7.47. The molecule has 0 aliphatic carbocycles. The molecule has 4 nitrogen and oxygen atoms in total. The van der Waals surface area contributed by atoms with Gasteiger partial charge in [0, 0.05) is 11.5 Å². The third-order valence-electron chi connectivity index (χ3n) is 1.60. The Labute approximate surface area is 76.5 Å². The SMILES string of the molecule is C/C(=C\c1ccco1)CCN=[N+]=[N-]. The van der Waals surface area contributed by atoms with Gasteiger partial charge in [0.05, 0.1) is 6.26 Å². The summed E-state index contributed by atoms with van der Waals surface area (Å²) in [6.07, 6.45) is 4.34. The van der Waals surface area contributed by atoms with Crippen molar-refractivity contribution in [3.63, 3.8) is 0 Å². The Kier molecular flexibility index (Phi) is 3.67. The highest BCUT2D eigenvalue weighted by Gasteiger charge is 1.92. The van der Waals surface area contributed by atoms with Crippen LogP contribution in [0.3, 0.4) is 0 Å². The molecule has 0 fully saturated rings. The molecule has 0 saturated heterocycles. The molecular formula is C9H11N3O. The van der Waals surface area contributed by atoms with Crippen LogP contribution in [0.2, 0.25) is 0 Å². The van der Waals surface area contributed by atoms with Crippen molar-refractivity contribution in [2.24, 2.45) is 5.11 Å². The third kappa shape index (κ3) is 3.49. The topological polar surface area (TPSA) is 61.9 Å². The first-order valence-corrected chi connectivity index (χ1v) is 4.04. The summed E-state index contributed by atoms with van der Waals surface area (Å²) in [6.45, 7) is 2.48. The zero-order chi connectivity index (χ0) is 9.52. The van der Waals surface area contributed by atoms with Gasteiger partial charge in [-0.15, -0.1) is 0 Å². The Morgan fingerprint density at radius 3 is 3.23 bits per heavy atom. The highest BCUT2D eigenvalue weighted by molar-refractivity contribution is 5.46. The van der Waals surface area contributed by atoms with Gasteiger partial charge in [0.15, 0.2) is 0 Å². The van der Waals surface area contributed by atoms with Crippen molar-refractivity contribution in [2.45, 2.75) is 13.3 Å². The predicted octanol–water partition coefficient (Wildman–Crippen LogP) is 3.38. The van der Waals surface area contributed by atoms with E-state index in [4.69, 9.17) is 9.95 Å². The van der Waals surface area contributed by atoms with Gasteiger partial charge in [0.25, 0.3) is 0 Å². The van der Waals surface area contributed by atoms with E-state index in [2.05, 4.69) is 10.0 Å². The molecule has 0 aliphatic heterocycles. The van der Waals surface area contributed by atoms with Crippen LogP contribution in [0, 0.1) is 0 Å². The highest BCUT2D eigenvalue weighted by Crippen LogP contribution is 2.09. The van der Waals surface area contributed by atoms with Crippen molar-refractivity contribution in [3.8, 4) is 0 Å². The fourth-order valence-electron chi connectivity index (χ4n) is 0.959. The Hall–Kier alpha value is -1.67. The Bertz CT molecular complexity index is 321. The zero-order valence-electron chi connectivity index (χ0n) is 7.47. The Morgan fingerprint density at radius 2 is 2.62 bits per heavy atom. The molecule has 0 spiro atoms. The van der Waals surface area contributed by atoms with Crippen LogP contribution >= 0.6 is 0 Å². The molecule has 1 aromatic heterocycles. The smallest absolute Gasteiger partial charge is 0.126 e. The van der Waals surface area contributed by atoms with E-state index in [-0.39, 0.29) is 0 Å². The molecular weight excluding hydrogens is 166 g/mol. The maximum Gasteiger partial charge on any atom is 0.126 e. The minimum atomic E-state index is 0.500. The van der Waals surface area contributed by atoms with Gasteiger partial charge in [-0.05, 0) is 37.1 Å². The monoisotopic (exact) mass is 177 g/mol. The molecule has 0 saturated carbocycles. The third-order valence-corrected chi connectivity index (χ3v) is 1.60. The average Bonchev–Trinajstić information content (AvgIpc) is 2.57. The first-order chi connectivity index (χ1) is 6.33. The molecule has 0 bridgehead atoms. The fraction of sp³-hybridized carbons (Fsp3) is 0.333. The molecule has 0 atom stereocenters. The molecule has 0 aromatic carbocycles. The largest absolute Gasteiger partial charge is 0.465 e. The normalized spacial score (nSPS) is 11.0. The fourth-order valence-corrected chi connectivity index (χ4v) is 0.959. The second-order valence-electron chi connectivity index (χ2n) is 2.71. The lowest BCUT2D eigenvalue weighted by Crippen LogP contribution is -1.80. The van der Waals surface area contributed by atoms with E-state index in [9.17, 15) is 0 Å². The summed E-state index contributed by atoms with van der Waals surface area (Å²) in [4.78, 5) is 2.68. The minimum absolute atomic E-state index is 0.500. The maximum absolute atomic E-state index is 8.06. The van der Waals surface area contributed by atoms with Crippen molar-refractivity contribution in [1.82, 2.24) is 0 Å². The van der Waals surface area contributed by atoms with Gasteiger partial charge in [-0.2, -0.15) is 0 Å². The van der Waals surface area contributed by atoms with Gasteiger partial charge in [-0.1, -0.05) is 10.7 Å². The molecule has 0 radical (unpaired) electrons. The number of hydrogen-bond acceptors (Lipinski definition) is 2. The molecule has 13 heavy (non-hydrogen) atoms. The van der Waals surface area contributed by atoms with Gasteiger partial charge < -0.3 is 4.42 Å². The standard InChI is InChI=1S/C9H11N3O/c1-8(4-5-11-12-10)7-9-3-2-6-13-9/h2-3,6-7H,4-5H2,1H3/b8-7+. The van der Waals surface area contributed by atoms with Crippen LogP contribution in [-0.4, -0.2) is 6.54 Å².